The van der Waals surface area contributed by atoms with Crippen LogP contribution in [0, 0.1) is 0 Å². The van der Waals surface area contributed by atoms with Gasteiger partial charge in [0, 0.05) is 14.2 Å². The van der Waals surface area contributed by atoms with Gasteiger partial charge in [-0.2, -0.15) is 0 Å². The van der Waals surface area contributed by atoms with Gasteiger partial charge in [0.15, 0.2) is 0 Å². The lowest BCUT2D eigenvalue weighted by atomic mass is 10.1. The van der Waals surface area contributed by atoms with E-state index in [0.717, 1.165) is 6.42 Å². The molecule has 1 aromatic carbocycles. The molecule has 0 amide bonds. The largest absolute Gasteiger partial charge is 0.333 e. The summed E-state index contributed by atoms with van der Waals surface area (Å²) in [4.78, 5) is 0. The van der Waals surface area contributed by atoms with Crippen LogP contribution in [0.2, 0.25) is 0 Å². The van der Waals surface area contributed by atoms with Gasteiger partial charge in [-0.05, 0) is 17.9 Å². The van der Waals surface area contributed by atoms with Crippen LogP contribution in [0.1, 0.15) is 17.9 Å². The van der Waals surface area contributed by atoms with E-state index in [1.165, 1.54) is 19.8 Å². The highest BCUT2D eigenvalue weighted by molar-refractivity contribution is 7.55. The molecular weight excluding hydrogens is 211 g/mol. The maximum atomic E-state index is 12.1. The molecule has 0 bridgehead atoms. The van der Waals surface area contributed by atoms with Gasteiger partial charge < -0.3 is 9.05 Å². The first-order valence-corrected chi connectivity index (χ1v) is 6.58. The van der Waals surface area contributed by atoms with E-state index >= 15 is 0 Å². The number of hydrogen-bond donors (Lipinski definition) is 0. The maximum Gasteiger partial charge on any atom is 0.333 e. The summed E-state index contributed by atoms with van der Waals surface area (Å²) in [7, 11) is 0.0346. The van der Waals surface area contributed by atoms with Gasteiger partial charge in [0.25, 0.3) is 0 Å². The van der Waals surface area contributed by atoms with Gasteiger partial charge in [-0.1, -0.05) is 30.3 Å². The molecule has 0 aromatic heterocycles. The predicted octanol–water partition coefficient (Wildman–Crippen LogP) is 3.03. The normalized spacial score (nSPS) is 25.2. The average molecular weight is 226 g/mol. The summed E-state index contributed by atoms with van der Waals surface area (Å²) in [5.41, 5.74) is 1.26. The number of hydrogen-bond acceptors (Lipinski definition) is 3. The first-order valence-electron chi connectivity index (χ1n) is 4.97. The minimum Gasteiger partial charge on any atom is -0.312 e. The van der Waals surface area contributed by atoms with Crippen molar-refractivity contribution in [1.82, 2.24) is 0 Å². The lowest BCUT2D eigenvalue weighted by Gasteiger charge is -2.13. The predicted molar refractivity (Wildman–Crippen MR) is 59.2 cm³/mol. The van der Waals surface area contributed by atoms with Gasteiger partial charge in [-0.25, -0.2) is 0 Å². The zero-order chi connectivity index (χ0) is 10.9. The molecule has 0 N–H and O–H groups in total. The van der Waals surface area contributed by atoms with Gasteiger partial charge in [0.1, 0.15) is 0 Å². The smallest absolute Gasteiger partial charge is 0.312 e. The van der Waals surface area contributed by atoms with Gasteiger partial charge >= 0.3 is 7.60 Å². The average Bonchev–Trinajstić information content (AvgIpc) is 3.10. The van der Waals surface area contributed by atoms with E-state index in [0.29, 0.717) is 5.92 Å². The van der Waals surface area contributed by atoms with E-state index in [1.807, 2.05) is 18.2 Å². The van der Waals surface area contributed by atoms with Gasteiger partial charge in [-0.3, -0.25) is 4.57 Å². The Kier molecular flexibility index (Phi) is 2.96. The first kappa shape index (κ1) is 10.9. The van der Waals surface area contributed by atoms with Crippen LogP contribution in [0.3, 0.4) is 0 Å². The SMILES string of the molecule is COP(=O)(OC)C1CC1c1ccccc1. The second kappa shape index (κ2) is 4.09. The molecular formula is C11H15O3P. The lowest BCUT2D eigenvalue weighted by molar-refractivity contribution is 0.274. The van der Waals surface area contributed by atoms with E-state index in [2.05, 4.69) is 12.1 Å². The van der Waals surface area contributed by atoms with Crippen LogP contribution in [0.4, 0.5) is 0 Å². The van der Waals surface area contributed by atoms with Crippen LogP contribution < -0.4 is 0 Å². The van der Waals surface area contributed by atoms with Gasteiger partial charge in [-0.15, -0.1) is 0 Å². The molecule has 0 spiro atoms. The van der Waals surface area contributed by atoms with Crippen molar-refractivity contribution in [3.8, 4) is 0 Å². The van der Waals surface area contributed by atoms with Crippen LogP contribution in [0.25, 0.3) is 0 Å². The molecule has 0 aliphatic heterocycles. The van der Waals surface area contributed by atoms with Crippen molar-refractivity contribution in [3.05, 3.63) is 35.9 Å². The summed E-state index contributed by atoms with van der Waals surface area (Å²) in [6.45, 7) is 0. The lowest BCUT2D eigenvalue weighted by Crippen LogP contribution is -1.96. The highest BCUT2D eigenvalue weighted by Crippen LogP contribution is 2.67. The molecule has 1 aliphatic rings. The Hall–Kier alpha value is -0.630. The van der Waals surface area contributed by atoms with Crippen LogP contribution in [0.15, 0.2) is 30.3 Å². The van der Waals surface area contributed by atoms with Crippen molar-refractivity contribution in [2.24, 2.45) is 0 Å². The molecule has 0 heterocycles. The Morgan fingerprint density at radius 1 is 1.20 bits per heavy atom. The molecule has 0 radical (unpaired) electrons. The fraction of sp³-hybridized carbons (Fsp3) is 0.455. The zero-order valence-corrected chi connectivity index (χ0v) is 9.81. The van der Waals surface area contributed by atoms with E-state index in [9.17, 15) is 4.57 Å². The molecule has 2 atom stereocenters. The second-order valence-corrected chi connectivity index (χ2v) is 6.20. The van der Waals surface area contributed by atoms with Gasteiger partial charge in [0.05, 0.1) is 5.66 Å². The molecule has 15 heavy (non-hydrogen) atoms. The molecule has 3 nitrogen and oxygen atoms in total. The fourth-order valence-electron chi connectivity index (χ4n) is 1.93. The van der Waals surface area contributed by atoms with Crippen molar-refractivity contribution >= 4 is 7.60 Å². The molecule has 1 fully saturated rings. The first-order chi connectivity index (χ1) is 7.21. The minimum absolute atomic E-state index is 0.0369. The number of benzene rings is 1. The second-order valence-electron chi connectivity index (χ2n) is 3.73. The standard InChI is InChI=1S/C11H15O3P/c1-13-15(12,14-2)11-8-10(11)9-6-4-3-5-7-9/h3-7,10-11H,8H2,1-2H3. The third kappa shape index (κ3) is 2.00. The van der Waals surface area contributed by atoms with Crippen molar-refractivity contribution in [3.63, 3.8) is 0 Å². The Morgan fingerprint density at radius 2 is 1.80 bits per heavy atom. The summed E-state index contributed by atoms with van der Waals surface area (Å²) < 4.78 is 22.0. The molecule has 4 heteroatoms. The Balaban J connectivity index is 2.11. The summed E-state index contributed by atoms with van der Waals surface area (Å²) in [5.74, 6) is 0.330. The Bertz CT molecular complexity index is 369. The van der Waals surface area contributed by atoms with E-state index < -0.39 is 7.60 Å². The molecule has 1 saturated carbocycles. The van der Waals surface area contributed by atoms with Crippen molar-refractivity contribution in [2.75, 3.05) is 14.2 Å². The van der Waals surface area contributed by atoms with Crippen molar-refractivity contribution in [1.29, 1.82) is 0 Å². The van der Waals surface area contributed by atoms with E-state index in [1.54, 1.807) is 0 Å². The quantitative estimate of drug-likeness (QED) is 0.740. The molecule has 1 aromatic rings. The minimum atomic E-state index is -2.86. The van der Waals surface area contributed by atoms with E-state index in [4.69, 9.17) is 9.05 Å². The van der Waals surface area contributed by atoms with Crippen LogP contribution >= 0.6 is 7.60 Å². The van der Waals surface area contributed by atoms with Gasteiger partial charge in [0.2, 0.25) is 0 Å². The Labute approximate surface area is 89.9 Å². The molecule has 2 unspecified atom stereocenters. The maximum absolute atomic E-state index is 12.1. The van der Waals surface area contributed by atoms with Crippen LogP contribution in [-0.4, -0.2) is 19.9 Å². The summed E-state index contributed by atoms with van der Waals surface area (Å²) in [6, 6.07) is 10.1. The molecule has 2 rings (SSSR count). The fourth-order valence-corrected chi connectivity index (χ4v) is 3.72. The van der Waals surface area contributed by atoms with Crippen LogP contribution in [-0.2, 0) is 13.6 Å². The highest BCUT2D eigenvalue weighted by atomic mass is 31.2. The highest BCUT2D eigenvalue weighted by Gasteiger charge is 2.52. The van der Waals surface area contributed by atoms with E-state index in [-0.39, 0.29) is 5.66 Å². The molecule has 82 valence electrons. The summed E-state index contributed by atoms with van der Waals surface area (Å²) in [6.07, 6.45) is 0.892. The topological polar surface area (TPSA) is 35.5 Å². The summed E-state index contributed by atoms with van der Waals surface area (Å²) >= 11 is 0. The van der Waals surface area contributed by atoms with Crippen molar-refractivity contribution in [2.45, 2.75) is 18.0 Å². The third-order valence-corrected chi connectivity index (χ3v) is 5.30. The summed E-state index contributed by atoms with van der Waals surface area (Å²) in [5, 5.41) is 0. The molecule has 0 saturated heterocycles. The molecule has 1 aliphatic carbocycles. The number of rotatable bonds is 4. The Morgan fingerprint density at radius 3 is 2.33 bits per heavy atom. The monoisotopic (exact) mass is 226 g/mol. The zero-order valence-electron chi connectivity index (χ0n) is 8.92. The van der Waals surface area contributed by atoms with Crippen molar-refractivity contribution < 1.29 is 13.6 Å². The van der Waals surface area contributed by atoms with Crippen LogP contribution in [0.5, 0.6) is 0 Å². The third-order valence-electron chi connectivity index (χ3n) is 2.90.